The minimum absolute atomic E-state index is 0.572. The summed E-state index contributed by atoms with van der Waals surface area (Å²) in [6, 6.07) is 0. The van der Waals surface area contributed by atoms with Gasteiger partial charge < -0.3 is 5.32 Å². The van der Waals surface area contributed by atoms with Crippen LogP contribution < -0.4 is 5.32 Å². The van der Waals surface area contributed by atoms with E-state index in [0.29, 0.717) is 5.41 Å². The molecule has 1 rings (SSSR count). The maximum atomic E-state index is 3.69. The van der Waals surface area contributed by atoms with Gasteiger partial charge in [-0.1, -0.05) is 48.0 Å². The van der Waals surface area contributed by atoms with Crippen LogP contribution in [0.4, 0.5) is 0 Å². The second-order valence-electron chi connectivity index (χ2n) is 7.77. The lowest BCUT2D eigenvalue weighted by molar-refractivity contribution is 0.0769. The summed E-state index contributed by atoms with van der Waals surface area (Å²) >= 11 is 0. The highest BCUT2D eigenvalue weighted by molar-refractivity contribution is 4.88. The van der Waals surface area contributed by atoms with Crippen LogP contribution in [0.2, 0.25) is 0 Å². The van der Waals surface area contributed by atoms with E-state index in [0.717, 1.165) is 23.7 Å². The van der Waals surface area contributed by atoms with Crippen molar-refractivity contribution in [3.05, 3.63) is 0 Å². The standard InChI is InChI=1S/C17H35N/c1-7-14(4)16-10-17(5,6)9-8-15(16)12-18-11-13(2)3/h13-16,18H,7-12H2,1-6H3. The molecule has 1 aliphatic rings. The Morgan fingerprint density at radius 2 is 1.89 bits per heavy atom. The third-order valence-electron chi connectivity index (χ3n) is 4.92. The van der Waals surface area contributed by atoms with Gasteiger partial charge in [0.15, 0.2) is 0 Å². The minimum atomic E-state index is 0.572. The lowest BCUT2D eigenvalue weighted by Gasteiger charge is -2.43. The molecule has 0 aliphatic heterocycles. The monoisotopic (exact) mass is 253 g/mol. The molecule has 0 saturated heterocycles. The summed E-state index contributed by atoms with van der Waals surface area (Å²) in [5.41, 5.74) is 0.572. The Morgan fingerprint density at radius 3 is 2.44 bits per heavy atom. The zero-order valence-electron chi connectivity index (χ0n) is 13.6. The molecule has 18 heavy (non-hydrogen) atoms. The first-order valence-corrected chi connectivity index (χ1v) is 8.06. The van der Waals surface area contributed by atoms with Crippen molar-refractivity contribution in [2.45, 2.75) is 67.2 Å². The van der Waals surface area contributed by atoms with Crippen LogP contribution in [0, 0.1) is 29.1 Å². The molecule has 1 nitrogen and oxygen atoms in total. The van der Waals surface area contributed by atoms with Crippen molar-refractivity contribution in [2.75, 3.05) is 13.1 Å². The molecule has 1 heteroatoms. The fraction of sp³-hybridized carbons (Fsp3) is 1.00. The second-order valence-corrected chi connectivity index (χ2v) is 7.77. The van der Waals surface area contributed by atoms with Crippen LogP contribution in [-0.4, -0.2) is 13.1 Å². The minimum Gasteiger partial charge on any atom is -0.316 e. The van der Waals surface area contributed by atoms with Crippen molar-refractivity contribution >= 4 is 0 Å². The average Bonchev–Trinajstić information content (AvgIpc) is 2.29. The van der Waals surface area contributed by atoms with Crippen LogP contribution in [0.5, 0.6) is 0 Å². The SMILES string of the molecule is CCC(C)C1CC(C)(C)CCC1CNCC(C)C. The molecule has 0 amide bonds. The molecule has 0 aromatic carbocycles. The molecule has 0 heterocycles. The average molecular weight is 253 g/mol. The first-order chi connectivity index (χ1) is 8.35. The summed E-state index contributed by atoms with van der Waals surface area (Å²) in [4.78, 5) is 0. The summed E-state index contributed by atoms with van der Waals surface area (Å²) in [6.07, 6.45) is 5.60. The topological polar surface area (TPSA) is 12.0 Å². The van der Waals surface area contributed by atoms with Crippen molar-refractivity contribution in [1.29, 1.82) is 0 Å². The summed E-state index contributed by atoms with van der Waals surface area (Å²) in [7, 11) is 0. The molecule has 1 aliphatic carbocycles. The highest BCUT2D eigenvalue weighted by atomic mass is 14.9. The van der Waals surface area contributed by atoms with Gasteiger partial charge in [0.1, 0.15) is 0 Å². The molecule has 1 fully saturated rings. The predicted octanol–water partition coefficient (Wildman–Crippen LogP) is 4.72. The molecule has 3 atom stereocenters. The number of hydrogen-bond donors (Lipinski definition) is 1. The van der Waals surface area contributed by atoms with Gasteiger partial charge in [0, 0.05) is 0 Å². The Bertz CT molecular complexity index is 232. The lowest BCUT2D eigenvalue weighted by atomic mass is 9.63. The van der Waals surface area contributed by atoms with Gasteiger partial charge in [0.2, 0.25) is 0 Å². The predicted molar refractivity (Wildman–Crippen MR) is 81.8 cm³/mol. The highest BCUT2D eigenvalue weighted by Crippen LogP contribution is 2.45. The van der Waals surface area contributed by atoms with Gasteiger partial charge in [0.05, 0.1) is 0 Å². The van der Waals surface area contributed by atoms with Gasteiger partial charge in [-0.2, -0.15) is 0 Å². The summed E-state index contributed by atoms with van der Waals surface area (Å²) in [6.45, 7) is 16.7. The van der Waals surface area contributed by atoms with E-state index in [2.05, 4.69) is 46.9 Å². The van der Waals surface area contributed by atoms with E-state index in [4.69, 9.17) is 0 Å². The Morgan fingerprint density at radius 1 is 1.22 bits per heavy atom. The van der Waals surface area contributed by atoms with Crippen molar-refractivity contribution < 1.29 is 0 Å². The summed E-state index contributed by atoms with van der Waals surface area (Å²) in [5, 5.41) is 3.69. The lowest BCUT2D eigenvalue weighted by Crippen LogP contribution is -2.39. The normalized spacial score (nSPS) is 29.5. The zero-order chi connectivity index (χ0) is 13.8. The van der Waals surface area contributed by atoms with E-state index >= 15 is 0 Å². The molecular weight excluding hydrogens is 218 g/mol. The van der Waals surface area contributed by atoms with E-state index in [1.165, 1.54) is 38.8 Å². The molecule has 3 unspecified atom stereocenters. The van der Waals surface area contributed by atoms with E-state index in [9.17, 15) is 0 Å². The van der Waals surface area contributed by atoms with Crippen molar-refractivity contribution in [2.24, 2.45) is 29.1 Å². The van der Waals surface area contributed by atoms with Crippen molar-refractivity contribution in [1.82, 2.24) is 5.32 Å². The molecular formula is C17H35N. The molecule has 108 valence electrons. The van der Waals surface area contributed by atoms with Crippen LogP contribution >= 0.6 is 0 Å². The molecule has 1 saturated carbocycles. The van der Waals surface area contributed by atoms with E-state index in [-0.39, 0.29) is 0 Å². The Labute approximate surface area is 115 Å². The first kappa shape index (κ1) is 16.0. The van der Waals surface area contributed by atoms with Gasteiger partial charge in [-0.05, 0) is 61.4 Å². The van der Waals surface area contributed by atoms with Gasteiger partial charge in [0.25, 0.3) is 0 Å². The molecule has 0 aromatic rings. The molecule has 0 bridgehead atoms. The third kappa shape index (κ3) is 4.91. The third-order valence-corrected chi connectivity index (χ3v) is 4.92. The fourth-order valence-corrected chi connectivity index (χ4v) is 3.48. The first-order valence-electron chi connectivity index (χ1n) is 8.06. The molecule has 0 aromatic heterocycles. The van der Waals surface area contributed by atoms with E-state index in [1.54, 1.807) is 0 Å². The smallest absolute Gasteiger partial charge is 0.00176 e. The molecule has 0 spiro atoms. The quantitative estimate of drug-likeness (QED) is 0.722. The number of hydrogen-bond acceptors (Lipinski definition) is 1. The second kappa shape index (κ2) is 6.93. The Kier molecular flexibility index (Phi) is 6.17. The molecule has 0 radical (unpaired) electrons. The zero-order valence-corrected chi connectivity index (χ0v) is 13.6. The summed E-state index contributed by atoms with van der Waals surface area (Å²) < 4.78 is 0. The summed E-state index contributed by atoms with van der Waals surface area (Å²) in [5.74, 6) is 3.49. The maximum absolute atomic E-state index is 3.69. The van der Waals surface area contributed by atoms with E-state index < -0.39 is 0 Å². The Balaban J connectivity index is 2.53. The van der Waals surface area contributed by atoms with Gasteiger partial charge >= 0.3 is 0 Å². The Hall–Kier alpha value is -0.0400. The van der Waals surface area contributed by atoms with Crippen molar-refractivity contribution in [3.8, 4) is 0 Å². The van der Waals surface area contributed by atoms with Gasteiger partial charge in [-0.25, -0.2) is 0 Å². The highest BCUT2D eigenvalue weighted by Gasteiger charge is 2.36. The van der Waals surface area contributed by atoms with Crippen LogP contribution in [0.1, 0.15) is 67.2 Å². The van der Waals surface area contributed by atoms with Crippen LogP contribution in [0.25, 0.3) is 0 Å². The van der Waals surface area contributed by atoms with Gasteiger partial charge in [-0.15, -0.1) is 0 Å². The van der Waals surface area contributed by atoms with Crippen LogP contribution in [-0.2, 0) is 0 Å². The fourth-order valence-electron chi connectivity index (χ4n) is 3.48. The van der Waals surface area contributed by atoms with Gasteiger partial charge in [-0.3, -0.25) is 0 Å². The largest absolute Gasteiger partial charge is 0.316 e. The maximum Gasteiger partial charge on any atom is -0.00176 e. The number of rotatable bonds is 6. The van der Waals surface area contributed by atoms with E-state index in [1.807, 2.05) is 0 Å². The van der Waals surface area contributed by atoms with Crippen LogP contribution in [0.15, 0.2) is 0 Å². The van der Waals surface area contributed by atoms with Crippen molar-refractivity contribution in [3.63, 3.8) is 0 Å². The number of nitrogens with one attached hydrogen (secondary N) is 1. The molecule has 1 N–H and O–H groups in total. The van der Waals surface area contributed by atoms with Crippen LogP contribution in [0.3, 0.4) is 0 Å².